The highest BCUT2D eigenvalue weighted by Crippen LogP contribution is 2.37. The second kappa shape index (κ2) is 7.71. The number of nitrogens with zero attached hydrogens (tertiary/aromatic N) is 1. The van der Waals surface area contributed by atoms with Crippen molar-refractivity contribution >= 4 is 32.9 Å². The molecule has 0 unspecified atom stereocenters. The number of rotatable bonds is 5. The Kier molecular flexibility index (Phi) is 5.36. The summed E-state index contributed by atoms with van der Waals surface area (Å²) < 4.78 is 11.1. The van der Waals surface area contributed by atoms with Crippen LogP contribution in [0.1, 0.15) is 11.1 Å². The SMILES string of the molecule is COc1cc(CN=Cc2c(O)[nH]c(=O)c3ccc(Br)cc23)cc(O)c1OC. The molecule has 0 fully saturated rings. The first-order chi connectivity index (χ1) is 12.9. The molecule has 27 heavy (non-hydrogen) atoms. The Hall–Kier alpha value is -3.00. The predicted molar refractivity (Wildman–Crippen MR) is 106 cm³/mol. The van der Waals surface area contributed by atoms with Crippen LogP contribution in [-0.2, 0) is 6.54 Å². The smallest absolute Gasteiger partial charge is 0.258 e. The summed E-state index contributed by atoms with van der Waals surface area (Å²) in [5.74, 6) is 0.330. The van der Waals surface area contributed by atoms with Gasteiger partial charge in [0.2, 0.25) is 11.6 Å². The highest BCUT2D eigenvalue weighted by Gasteiger charge is 2.12. The number of H-pyrrole nitrogens is 1. The van der Waals surface area contributed by atoms with Crippen molar-refractivity contribution in [2.24, 2.45) is 4.99 Å². The lowest BCUT2D eigenvalue weighted by Crippen LogP contribution is -2.08. The summed E-state index contributed by atoms with van der Waals surface area (Å²) >= 11 is 3.37. The Labute approximate surface area is 163 Å². The standard InChI is InChI=1S/C19H17BrN2O5/c1-26-16-6-10(5-15(23)17(16)27-2)8-21-9-14-13-7-11(20)3-4-12(13)18(24)22-19(14)25/h3-7,9,23H,8H2,1-2H3,(H2,22,24,25). The van der Waals surface area contributed by atoms with E-state index in [1.54, 1.807) is 24.3 Å². The van der Waals surface area contributed by atoms with Crippen molar-refractivity contribution in [1.29, 1.82) is 0 Å². The molecule has 3 rings (SSSR count). The van der Waals surface area contributed by atoms with E-state index >= 15 is 0 Å². The normalized spacial score (nSPS) is 11.2. The third-order valence-electron chi connectivity index (χ3n) is 4.02. The maximum Gasteiger partial charge on any atom is 0.258 e. The van der Waals surface area contributed by atoms with Crippen molar-refractivity contribution in [3.05, 3.63) is 56.3 Å². The molecule has 0 atom stereocenters. The minimum absolute atomic E-state index is 0.0525. The van der Waals surface area contributed by atoms with Gasteiger partial charge in [-0.25, -0.2) is 0 Å². The van der Waals surface area contributed by atoms with Crippen LogP contribution in [0.4, 0.5) is 0 Å². The first kappa shape index (κ1) is 18.8. The van der Waals surface area contributed by atoms with Crippen LogP contribution in [0.5, 0.6) is 23.1 Å². The Bertz CT molecular complexity index is 1090. The van der Waals surface area contributed by atoms with Crippen LogP contribution < -0.4 is 15.0 Å². The molecule has 8 heteroatoms. The van der Waals surface area contributed by atoms with Crippen molar-refractivity contribution in [1.82, 2.24) is 4.98 Å². The maximum absolute atomic E-state index is 12.0. The third-order valence-corrected chi connectivity index (χ3v) is 4.51. The van der Waals surface area contributed by atoms with Gasteiger partial charge < -0.3 is 19.7 Å². The first-order valence-electron chi connectivity index (χ1n) is 7.92. The molecule has 0 aliphatic heterocycles. The number of fused-ring (bicyclic) bond motifs is 1. The van der Waals surface area contributed by atoms with Gasteiger partial charge in [0.15, 0.2) is 11.5 Å². The zero-order valence-corrected chi connectivity index (χ0v) is 16.2. The van der Waals surface area contributed by atoms with Crippen LogP contribution in [0.25, 0.3) is 10.8 Å². The highest BCUT2D eigenvalue weighted by atomic mass is 79.9. The molecule has 3 aromatic rings. The molecule has 1 heterocycles. The number of halogens is 1. The summed E-state index contributed by atoms with van der Waals surface area (Å²) in [6, 6.07) is 8.40. The number of benzene rings is 2. The first-order valence-corrected chi connectivity index (χ1v) is 8.72. The lowest BCUT2D eigenvalue weighted by atomic mass is 10.1. The maximum atomic E-state index is 12.0. The van der Waals surface area contributed by atoms with Gasteiger partial charge in [-0.1, -0.05) is 15.9 Å². The molecule has 2 aromatic carbocycles. The fourth-order valence-electron chi connectivity index (χ4n) is 2.77. The van der Waals surface area contributed by atoms with E-state index in [-0.39, 0.29) is 29.5 Å². The number of phenolic OH excluding ortho intramolecular Hbond substituents is 1. The fraction of sp³-hybridized carbons (Fsp3) is 0.158. The summed E-state index contributed by atoms with van der Waals surface area (Å²) in [5.41, 5.74) is 0.711. The quantitative estimate of drug-likeness (QED) is 0.536. The molecule has 0 spiro atoms. The van der Waals surface area contributed by atoms with Crippen LogP contribution in [0.2, 0.25) is 0 Å². The van der Waals surface area contributed by atoms with Crippen molar-refractivity contribution in [2.45, 2.75) is 6.54 Å². The number of methoxy groups -OCH3 is 2. The Morgan fingerprint density at radius 1 is 1.15 bits per heavy atom. The summed E-state index contributed by atoms with van der Waals surface area (Å²) in [7, 11) is 2.92. The molecule has 0 bridgehead atoms. The summed E-state index contributed by atoms with van der Waals surface area (Å²) in [4.78, 5) is 18.7. The molecule has 0 amide bonds. The predicted octanol–water partition coefficient (Wildman–Crippen LogP) is 3.34. The molecule has 1 aromatic heterocycles. The number of nitrogens with one attached hydrogen (secondary N) is 1. The van der Waals surface area contributed by atoms with Gasteiger partial charge in [-0.3, -0.25) is 14.8 Å². The van der Waals surface area contributed by atoms with Gasteiger partial charge in [0.1, 0.15) is 0 Å². The number of aromatic hydroxyl groups is 2. The summed E-state index contributed by atoms with van der Waals surface area (Å²) in [6.45, 7) is 0.224. The monoisotopic (exact) mass is 432 g/mol. The van der Waals surface area contributed by atoms with Gasteiger partial charge in [-0.15, -0.1) is 0 Å². The number of ether oxygens (including phenoxy) is 2. The molecule has 140 valence electrons. The van der Waals surface area contributed by atoms with E-state index in [1.807, 2.05) is 0 Å². The molecule has 0 aliphatic rings. The molecule has 3 N–H and O–H groups in total. The van der Waals surface area contributed by atoms with Crippen molar-refractivity contribution < 1.29 is 19.7 Å². The minimum Gasteiger partial charge on any atom is -0.504 e. The zero-order valence-electron chi connectivity index (χ0n) is 14.6. The van der Waals surface area contributed by atoms with E-state index in [9.17, 15) is 15.0 Å². The van der Waals surface area contributed by atoms with E-state index in [1.165, 1.54) is 26.5 Å². The molecule has 0 saturated carbocycles. The highest BCUT2D eigenvalue weighted by molar-refractivity contribution is 9.10. The zero-order chi connectivity index (χ0) is 19.6. The van der Waals surface area contributed by atoms with Crippen molar-refractivity contribution in [3.63, 3.8) is 0 Å². The third kappa shape index (κ3) is 3.75. The average Bonchev–Trinajstić information content (AvgIpc) is 2.63. The summed E-state index contributed by atoms with van der Waals surface area (Å²) in [6.07, 6.45) is 1.48. The second-order valence-electron chi connectivity index (χ2n) is 5.73. The van der Waals surface area contributed by atoms with E-state index < -0.39 is 0 Å². The van der Waals surface area contributed by atoms with Crippen LogP contribution in [0.15, 0.2) is 44.6 Å². The number of hydrogen-bond donors (Lipinski definition) is 3. The van der Waals surface area contributed by atoms with Gasteiger partial charge in [0, 0.05) is 21.5 Å². The lowest BCUT2D eigenvalue weighted by molar-refractivity contribution is 0.332. The van der Waals surface area contributed by atoms with Crippen LogP contribution in [-0.4, -0.2) is 35.6 Å². The minimum atomic E-state index is -0.378. The number of hydrogen-bond acceptors (Lipinski definition) is 6. The van der Waals surface area contributed by atoms with E-state index in [4.69, 9.17) is 9.47 Å². The lowest BCUT2D eigenvalue weighted by Gasteiger charge is -2.10. The van der Waals surface area contributed by atoms with Gasteiger partial charge in [-0.05, 0) is 35.9 Å². The van der Waals surface area contributed by atoms with Gasteiger partial charge in [0.25, 0.3) is 5.56 Å². The molecular weight excluding hydrogens is 416 g/mol. The van der Waals surface area contributed by atoms with Crippen LogP contribution in [0.3, 0.4) is 0 Å². The van der Waals surface area contributed by atoms with E-state index in [0.29, 0.717) is 27.6 Å². The number of phenols is 1. The van der Waals surface area contributed by atoms with Crippen LogP contribution >= 0.6 is 15.9 Å². The Morgan fingerprint density at radius 3 is 2.63 bits per heavy atom. The van der Waals surface area contributed by atoms with Crippen LogP contribution in [0, 0.1) is 0 Å². The molecule has 0 saturated heterocycles. The molecule has 0 aliphatic carbocycles. The van der Waals surface area contributed by atoms with Gasteiger partial charge in [0.05, 0.1) is 26.3 Å². The number of pyridine rings is 1. The Balaban J connectivity index is 1.97. The van der Waals surface area contributed by atoms with E-state index in [2.05, 4.69) is 25.9 Å². The van der Waals surface area contributed by atoms with Crippen molar-refractivity contribution in [2.75, 3.05) is 14.2 Å². The molecule has 0 radical (unpaired) electrons. The van der Waals surface area contributed by atoms with Crippen molar-refractivity contribution in [3.8, 4) is 23.1 Å². The van der Waals surface area contributed by atoms with Gasteiger partial charge >= 0.3 is 0 Å². The topological polar surface area (TPSA) is 104 Å². The van der Waals surface area contributed by atoms with E-state index in [0.717, 1.165) is 4.47 Å². The fourth-order valence-corrected chi connectivity index (χ4v) is 3.13. The largest absolute Gasteiger partial charge is 0.504 e. The van der Waals surface area contributed by atoms with Gasteiger partial charge in [-0.2, -0.15) is 0 Å². The summed E-state index contributed by atoms with van der Waals surface area (Å²) in [5, 5.41) is 21.2. The molecular formula is C19H17BrN2O5. The Morgan fingerprint density at radius 2 is 1.93 bits per heavy atom. The average molecular weight is 433 g/mol. The number of aromatic amines is 1. The second-order valence-corrected chi connectivity index (χ2v) is 6.64. The molecule has 7 nitrogen and oxygen atoms in total. The number of aromatic nitrogens is 1. The number of aliphatic imine (C=N–C) groups is 1.